The molecule has 0 saturated heterocycles. The molecule has 0 fully saturated rings. The second-order valence-electron chi connectivity index (χ2n) is 5.69. The lowest BCUT2D eigenvalue weighted by atomic mass is 9.91. The number of para-hydroxylation sites is 1. The van der Waals surface area contributed by atoms with Crippen LogP contribution in [0.5, 0.6) is 0 Å². The van der Waals surface area contributed by atoms with Gasteiger partial charge in [0.1, 0.15) is 0 Å². The van der Waals surface area contributed by atoms with Crippen molar-refractivity contribution in [2.45, 2.75) is 25.3 Å². The Morgan fingerprint density at radius 2 is 2.00 bits per heavy atom. The van der Waals surface area contributed by atoms with E-state index in [0.717, 1.165) is 18.5 Å². The molecule has 0 bridgehead atoms. The zero-order valence-corrected chi connectivity index (χ0v) is 11.8. The lowest BCUT2D eigenvalue weighted by Gasteiger charge is -2.40. The molecule has 2 nitrogen and oxygen atoms in total. The molecular formula is C19H17NO. The Balaban J connectivity index is 1.86. The van der Waals surface area contributed by atoms with Crippen LogP contribution in [0.2, 0.25) is 0 Å². The lowest BCUT2D eigenvalue weighted by molar-refractivity contribution is -0.115. The largest absolute Gasteiger partial charge is 0.333 e. The van der Waals surface area contributed by atoms with E-state index in [1.54, 1.807) is 0 Å². The number of hydrogen-bond acceptors (Lipinski definition) is 2. The smallest absolute Gasteiger partial charge is 0.160 e. The molecule has 2 aliphatic heterocycles. The van der Waals surface area contributed by atoms with Crippen molar-refractivity contribution >= 4 is 17.5 Å². The maximum atomic E-state index is 12.1. The van der Waals surface area contributed by atoms with E-state index in [9.17, 15) is 4.79 Å². The van der Waals surface area contributed by atoms with Gasteiger partial charge >= 0.3 is 0 Å². The minimum absolute atomic E-state index is 0.142. The predicted octanol–water partition coefficient (Wildman–Crippen LogP) is 4.02. The van der Waals surface area contributed by atoms with Crippen molar-refractivity contribution in [2.24, 2.45) is 0 Å². The van der Waals surface area contributed by atoms with Crippen molar-refractivity contribution in [3.63, 3.8) is 0 Å². The van der Waals surface area contributed by atoms with Crippen LogP contribution in [0.15, 0.2) is 65.9 Å². The highest BCUT2D eigenvalue weighted by Crippen LogP contribution is 2.38. The summed E-state index contributed by atoms with van der Waals surface area (Å²) in [7, 11) is 0. The summed E-state index contributed by atoms with van der Waals surface area (Å²) in [5, 5.41) is 0. The summed E-state index contributed by atoms with van der Waals surface area (Å²) in [5.74, 6) is 0.218. The van der Waals surface area contributed by atoms with E-state index in [2.05, 4.69) is 59.5 Å². The number of nitrogens with zero attached hydrogens (tertiary/aromatic N) is 1. The molecule has 0 N–H and O–H groups in total. The molecule has 21 heavy (non-hydrogen) atoms. The Morgan fingerprint density at radius 1 is 1.10 bits per heavy atom. The Hall–Kier alpha value is -2.35. The maximum absolute atomic E-state index is 12.1. The molecule has 104 valence electrons. The molecule has 3 aliphatic rings. The zero-order valence-electron chi connectivity index (χ0n) is 11.8. The fourth-order valence-corrected chi connectivity index (χ4v) is 3.31. The van der Waals surface area contributed by atoms with Gasteiger partial charge in [0.05, 0.1) is 11.7 Å². The van der Waals surface area contributed by atoms with Crippen molar-refractivity contribution in [3.05, 3.63) is 71.5 Å². The monoisotopic (exact) mass is 275 g/mol. The maximum Gasteiger partial charge on any atom is 0.160 e. The number of anilines is 1. The van der Waals surface area contributed by atoms with E-state index < -0.39 is 0 Å². The first-order chi connectivity index (χ1) is 10.3. The fraction of sp³-hybridized carbons (Fsp3) is 0.211. The van der Waals surface area contributed by atoms with E-state index in [0.29, 0.717) is 6.42 Å². The highest BCUT2D eigenvalue weighted by Gasteiger charge is 2.31. The summed E-state index contributed by atoms with van der Waals surface area (Å²) in [6, 6.07) is 8.53. The fourth-order valence-electron chi connectivity index (χ4n) is 3.31. The Morgan fingerprint density at radius 3 is 2.86 bits per heavy atom. The van der Waals surface area contributed by atoms with Crippen LogP contribution in [-0.2, 0) is 4.79 Å². The number of benzene rings is 1. The number of ketones is 1. The molecule has 2 heteroatoms. The molecule has 1 atom stereocenters. The summed E-state index contributed by atoms with van der Waals surface area (Å²) >= 11 is 0. The predicted molar refractivity (Wildman–Crippen MR) is 85.9 cm³/mol. The summed E-state index contributed by atoms with van der Waals surface area (Å²) in [6.07, 6.45) is 15.4. The van der Waals surface area contributed by atoms with Crippen LogP contribution in [0, 0.1) is 0 Å². The van der Waals surface area contributed by atoms with E-state index in [1.807, 2.05) is 6.08 Å². The molecule has 0 spiro atoms. The summed E-state index contributed by atoms with van der Waals surface area (Å²) in [5.41, 5.74) is 4.63. The van der Waals surface area contributed by atoms with Gasteiger partial charge in [0.15, 0.2) is 5.78 Å². The van der Waals surface area contributed by atoms with Crippen LogP contribution in [0.25, 0.3) is 6.08 Å². The SMILES string of the molecule is O=C1C=C(C2=CCCC=C2)N2c3ccccc3C=CC2C1. The number of carbonyl (C=O) groups is 1. The van der Waals surface area contributed by atoms with E-state index >= 15 is 0 Å². The summed E-state index contributed by atoms with van der Waals surface area (Å²) < 4.78 is 0. The number of rotatable bonds is 1. The van der Waals surface area contributed by atoms with Crippen LogP contribution in [-0.4, -0.2) is 11.8 Å². The van der Waals surface area contributed by atoms with E-state index in [4.69, 9.17) is 0 Å². The normalized spacial score (nSPS) is 23.3. The molecule has 0 saturated carbocycles. The lowest BCUT2D eigenvalue weighted by Crippen LogP contribution is -2.40. The van der Waals surface area contributed by atoms with Gasteiger partial charge in [-0.15, -0.1) is 0 Å². The second kappa shape index (κ2) is 4.88. The van der Waals surface area contributed by atoms with Gasteiger partial charge in [-0.3, -0.25) is 4.79 Å². The molecule has 1 unspecified atom stereocenters. The summed E-state index contributed by atoms with van der Waals surface area (Å²) in [6.45, 7) is 0. The number of hydrogen-bond donors (Lipinski definition) is 0. The Kier molecular flexibility index (Phi) is 2.88. The third-order valence-corrected chi connectivity index (χ3v) is 4.28. The minimum atomic E-state index is 0.142. The first-order valence-electron chi connectivity index (χ1n) is 7.51. The molecule has 1 aliphatic carbocycles. The third kappa shape index (κ3) is 2.07. The van der Waals surface area contributed by atoms with Crippen LogP contribution in [0.1, 0.15) is 24.8 Å². The Labute approximate surface area is 124 Å². The van der Waals surface area contributed by atoms with Crippen LogP contribution >= 0.6 is 0 Å². The topological polar surface area (TPSA) is 20.3 Å². The Bertz CT molecular complexity index is 721. The minimum Gasteiger partial charge on any atom is -0.333 e. The first kappa shape index (κ1) is 12.4. The van der Waals surface area contributed by atoms with Gasteiger partial charge in [-0.05, 0) is 30.0 Å². The number of carbonyl (C=O) groups excluding carboxylic acids is 1. The molecule has 0 amide bonds. The molecular weight excluding hydrogens is 258 g/mol. The van der Waals surface area contributed by atoms with Crippen LogP contribution < -0.4 is 4.90 Å². The van der Waals surface area contributed by atoms with Gasteiger partial charge in [0.2, 0.25) is 0 Å². The summed E-state index contributed by atoms with van der Waals surface area (Å²) in [4.78, 5) is 14.4. The molecule has 0 aromatic heterocycles. The second-order valence-corrected chi connectivity index (χ2v) is 5.69. The highest BCUT2D eigenvalue weighted by molar-refractivity contribution is 5.96. The molecule has 2 heterocycles. The van der Waals surface area contributed by atoms with Crippen molar-refractivity contribution in [1.29, 1.82) is 0 Å². The number of fused-ring (bicyclic) bond motifs is 3. The quantitative estimate of drug-likeness (QED) is 0.771. The zero-order chi connectivity index (χ0) is 14.2. The van der Waals surface area contributed by atoms with Gasteiger partial charge in [0, 0.05) is 18.2 Å². The van der Waals surface area contributed by atoms with Crippen LogP contribution in [0.4, 0.5) is 5.69 Å². The molecule has 1 aromatic carbocycles. The van der Waals surface area contributed by atoms with Crippen molar-refractivity contribution in [2.75, 3.05) is 4.90 Å². The van der Waals surface area contributed by atoms with Gasteiger partial charge in [0.25, 0.3) is 0 Å². The molecule has 4 rings (SSSR count). The van der Waals surface area contributed by atoms with Gasteiger partial charge in [-0.1, -0.05) is 48.6 Å². The van der Waals surface area contributed by atoms with E-state index in [-0.39, 0.29) is 11.8 Å². The van der Waals surface area contributed by atoms with Crippen LogP contribution in [0.3, 0.4) is 0 Å². The van der Waals surface area contributed by atoms with Crippen molar-refractivity contribution in [3.8, 4) is 0 Å². The first-order valence-corrected chi connectivity index (χ1v) is 7.51. The number of allylic oxidation sites excluding steroid dienone is 4. The molecule has 0 radical (unpaired) electrons. The van der Waals surface area contributed by atoms with Crippen molar-refractivity contribution < 1.29 is 4.79 Å². The average Bonchev–Trinajstić information content (AvgIpc) is 2.54. The standard InChI is InChI=1S/C19H17NO/c21-17-12-16-11-10-15-8-4-5-9-18(15)20(16)19(13-17)14-6-2-1-3-7-14/h2,4-11,13,16H,1,3,12H2. The average molecular weight is 275 g/mol. The molecule has 1 aromatic rings. The van der Waals surface area contributed by atoms with Gasteiger partial charge in [-0.2, -0.15) is 0 Å². The van der Waals surface area contributed by atoms with Gasteiger partial charge in [-0.25, -0.2) is 0 Å². The van der Waals surface area contributed by atoms with E-state index in [1.165, 1.54) is 16.8 Å². The third-order valence-electron chi connectivity index (χ3n) is 4.28. The van der Waals surface area contributed by atoms with Crippen molar-refractivity contribution in [1.82, 2.24) is 0 Å². The van der Waals surface area contributed by atoms with Gasteiger partial charge < -0.3 is 4.90 Å². The highest BCUT2D eigenvalue weighted by atomic mass is 16.1.